The van der Waals surface area contributed by atoms with Crippen molar-refractivity contribution < 1.29 is 9.53 Å². The van der Waals surface area contributed by atoms with E-state index in [1.807, 2.05) is 0 Å². The van der Waals surface area contributed by atoms with Crippen molar-refractivity contribution in [1.29, 1.82) is 0 Å². The number of hydrogen-bond acceptors (Lipinski definition) is 5. The van der Waals surface area contributed by atoms with E-state index in [0.717, 1.165) is 0 Å². The molecule has 0 bridgehead atoms. The van der Waals surface area contributed by atoms with Gasteiger partial charge in [0.1, 0.15) is 6.33 Å². The summed E-state index contributed by atoms with van der Waals surface area (Å²) in [6, 6.07) is 0. The van der Waals surface area contributed by atoms with E-state index >= 15 is 0 Å². The Hall–Kier alpha value is -1.66. The van der Waals surface area contributed by atoms with Gasteiger partial charge in [0.05, 0.1) is 12.6 Å². The van der Waals surface area contributed by atoms with Gasteiger partial charge in [0, 0.05) is 6.54 Å². The smallest absolute Gasteiger partial charge is 0.407 e. The molecule has 7 nitrogen and oxygen atoms in total. The second-order valence-corrected chi connectivity index (χ2v) is 2.95. The number of nitrogens with one attached hydrogen (secondary N) is 1. The van der Waals surface area contributed by atoms with E-state index in [0.29, 0.717) is 13.1 Å². The number of rotatable bonds is 4. The molecule has 0 atom stereocenters. The summed E-state index contributed by atoms with van der Waals surface area (Å²) in [5, 5.41) is 13.1. The average molecular weight is 199 g/mol. The Labute approximate surface area is 81.4 Å². The van der Waals surface area contributed by atoms with Gasteiger partial charge in [-0.15, -0.1) is 5.10 Å². The molecule has 7 heteroatoms. The summed E-state index contributed by atoms with van der Waals surface area (Å²) in [6.07, 6.45) is 0.950. The largest absolute Gasteiger partial charge is 0.447 e. The van der Waals surface area contributed by atoms with E-state index in [1.54, 1.807) is 13.8 Å². The Morgan fingerprint density at radius 2 is 2.43 bits per heavy atom. The molecule has 0 aliphatic rings. The Morgan fingerprint density at radius 3 is 3.00 bits per heavy atom. The summed E-state index contributed by atoms with van der Waals surface area (Å²) >= 11 is 0. The van der Waals surface area contributed by atoms with E-state index in [-0.39, 0.29) is 6.10 Å². The maximum atomic E-state index is 11.0. The molecule has 1 N–H and O–H groups in total. The van der Waals surface area contributed by atoms with Gasteiger partial charge in [0.2, 0.25) is 0 Å². The van der Waals surface area contributed by atoms with Crippen LogP contribution in [0.5, 0.6) is 0 Å². The summed E-state index contributed by atoms with van der Waals surface area (Å²) in [6.45, 7) is 4.55. The Morgan fingerprint density at radius 1 is 1.64 bits per heavy atom. The number of nitrogens with zero attached hydrogens (tertiary/aromatic N) is 4. The minimum atomic E-state index is -0.423. The van der Waals surface area contributed by atoms with Gasteiger partial charge in [-0.2, -0.15) is 0 Å². The third kappa shape index (κ3) is 3.83. The number of tetrazole rings is 1. The first-order chi connectivity index (χ1) is 6.68. The van der Waals surface area contributed by atoms with Crippen LogP contribution in [0.15, 0.2) is 6.33 Å². The SMILES string of the molecule is CC(C)OC(=O)NCCn1cnnn1. The molecule has 1 amide bonds. The fourth-order valence-corrected chi connectivity index (χ4v) is 0.811. The molecular formula is C7H13N5O2. The minimum Gasteiger partial charge on any atom is -0.447 e. The van der Waals surface area contributed by atoms with Crippen LogP contribution in [0.1, 0.15) is 13.8 Å². The number of carbonyl (C=O) groups is 1. The molecule has 14 heavy (non-hydrogen) atoms. The Balaban J connectivity index is 2.12. The molecule has 1 rings (SSSR count). The van der Waals surface area contributed by atoms with E-state index in [4.69, 9.17) is 4.74 Å². The highest BCUT2D eigenvalue weighted by molar-refractivity contribution is 5.67. The van der Waals surface area contributed by atoms with Gasteiger partial charge in [0.15, 0.2) is 0 Å². The number of carbonyl (C=O) groups excluding carboxylic acids is 1. The summed E-state index contributed by atoms with van der Waals surface area (Å²) in [7, 11) is 0. The summed E-state index contributed by atoms with van der Waals surface area (Å²) in [5.74, 6) is 0. The molecule has 0 fully saturated rings. The van der Waals surface area contributed by atoms with Crippen molar-refractivity contribution in [3.05, 3.63) is 6.33 Å². The van der Waals surface area contributed by atoms with Gasteiger partial charge >= 0.3 is 6.09 Å². The van der Waals surface area contributed by atoms with Crippen LogP contribution >= 0.6 is 0 Å². The number of amides is 1. The molecule has 0 unspecified atom stereocenters. The topological polar surface area (TPSA) is 81.9 Å². The molecule has 0 saturated heterocycles. The molecular weight excluding hydrogens is 186 g/mol. The van der Waals surface area contributed by atoms with E-state index < -0.39 is 6.09 Å². The minimum absolute atomic E-state index is 0.108. The lowest BCUT2D eigenvalue weighted by molar-refractivity contribution is 0.115. The lowest BCUT2D eigenvalue weighted by Crippen LogP contribution is -2.29. The zero-order valence-electron chi connectivity index (χ0n) is 8.17. The van der Waals surface area contributed by atoms with Crippen molar-refractivity contribution in [1.82, 2.24) is 25.5 Å². The van der Waals surface area contributed by atoms with Crippen molar-refractivity contribution in [3.63, 3.8) is 0 Å². The molecule has 1 aromatic rings. The molecule has 0 saturated carbocycles. The van der Waals surface area contributed by atoms with Gasteiger partial charge in [-0.25, -0.2) is 9.48 Å². The molecule has 0 aliphatic carbocycles. The molecule has 78 valence electrons. The van der Waals surface area contributed by atoms with Gasteiger partial charge in [-0.05, 0) is 24.3 Å². The van der Waals surface area contributed by atoms with Crippen LogP contribution in [0, 0.1) is 0 Å². The van der Waals surface area contributed by atoms with Crippen molar-refractivity contribution >= 4 is 6.09 Å². The van der Waals surface area contributed by atoms with Crippen LogP contribution in [0.25, 0.3) is 0 Å². The second kappa shape index (κ2) is 5.15. The lowest BCUT2D eigenvalue weighted by atomic mass is 10.5. The molecule has 0 radical (unpaired) electrons. The monoisotopic (exact) mass is 199 g/mol. The van der Waals surface area contributed by atoms with Gasteiger partial charge in [-0.1, -0.05) is 0 Å². The van der Waals surface area contributed by atoms with Crippen molar-refractivity contribution in [2.75, 3.05) is 6.54 Å². The highest BCUT2D eigenvalue weighted by Gasteiger charge is 2.03. The van der Waals surface area contributed by atoms with Gasteiger partial charge in [0.25, 0.3) is 0 Å². The highest BCUT2D eigenvalue weighted by atomic mass is 16.6. The fraction of sp³-hybridized carbons (Fsp3) is 0.714. The highest BCUT2D eigenvalue weighted by Crippen LogP contribution is 1.87. The van der Waals surface area contributed by atoms with Gasteiger partial charge < -0.3 is 10.1 Å². The third-order valence-electron chi connectivity index (χ3n) is 1.34. The second-order valence-electron chi connectivity index (χ2n) is 2.95. The predicted molar refractivity (Wildman–Crippen MR) is 47.4 cm³/mol. The zero-order valence-corrected chi connectivity index (χ0v) is 8.17. The first kappa shape index (κ1) is 10.4. The van der Waals surface area contributed by atoms with Crippen molar-refractivity contribution in [3.8, 4) is 0 Å². The normalized spacial score (nSPS) is 10.2. The number of hydrogen-bond donors (Lipinski definition) is 1. The van der Waals surface area contributed by atoms with Crippen LogP contribution < -0.4 is 5.32 Å². The average Bonchev–Trinajstić information content (AvgIpc) is 2.55. The summed E-state index contributed by atoms with van der Waals surface area (Å²) in [4.78, 5) is 11.0. The molecule has 0 spiro atoms. The lowest BCUT2D eigenvalue weighted by Gasteiger charge is -2.08. The number of ether oxygens (including phenoxy) is 1. The fourth-order valence-electron chi connectivity index (χ4n) is 0.811. The summed E-state index contributed by atoms with van der Waals surface area (Å²) in [5.41, 5.74) is 0. The van der Waals surface area contributed by atoms with Crippen LogP contribution in [-0.2, 0) is 11.3 Å². The molecule has 1 aromatic heterocycles. The van der Waals surface area contributed by atoms with Crippen molar-refractivity contribution in [2.45, 2.75) is 26.5 Å². The van der Waals surface area contributed by atoms with E-state index in [9.17, 15) is 4.79 Å². The van der Waals surface area contributed by atoms with Gasteiger partial charge in [-0.3, -0.25) is 0 Å². The third-order valence-corrected chi connectivity index (χ3v) is 1.34. The first-order valence-electron chi connectivity index (χ1n) is 4.33. The Bertz CT molecular complexity index is 272. The van der Waals surface area contributed by atoms with Crippen molar-refractivity contribution in [2.24, 2.45) is 0 Å². The number of aromatic nitrogens is 4. The van der Waals surface area contributed by atoms with Crippen LogP contribution in [0.2, 0.25) is 0 Å². The molecule has 1 heterocycles. The standard InChI is InChI=1S/C7H13N5O2/c1-6(2)14-7(13)8-3-4-12-5-9-10-11-12/h5-6H,3-4H2,1-2H3,(H,8,13). The van der Waals surface area contributed by atoms with E-state index in [1.165, 1.54) is 11.0 Å². The maximum Gasteiger partial charge on any atom is 0.407 e. The first-order valence-corrected chi connectivity index (χ1v) is 4.33. The molecule has 0 aliphatic heterocycles. The Kier molecular flexibility index (Phi) is 3.84. The predicted octanol–water partition coefficient (Wildman–Crippen LogP) is -0.192. The van der Waals surface area contributed by atoms with E-state index in [2.05, 4.69) is 20.8 Å². The van der Waals surface area contributed by atoms with Crippen LogP contribution in [0.3, 0.4) is 0 Å². The summed E-state index contributed by atoms with van der Waals surface area (Å²) < 4.78 is 6.38. The maximum absolute atomic E-state index is 11.0. The quantitative estimate of drug-likeness (QED) is 0.726. The van der Waals surface area contributed by atoms with Crippen LogP contribution in [0.4, 0.5) is 4.79 Å². The number of alkyl carbamates (subject to hydrolysis) is 1. The van der Waals surface area contributed by atoms with Crippen LogP contribution in [-0.4, -0.2) is 38.9 Å². The molecule has 0 aromatic carbocycles. The zero-order chi connectivity index (χ0) is 10.4.